The molecule has 144 valence electrons. The third-order valence-corrected chi connectivity index (χ3v) is 7.32. The van der Waals surface area contributed by atoms with Crippen molar-refractivity contribution in [3.05, 3.63) is 10.4 Å². The first-order valence-corrected chi connectivity index (χ1v) is 11.1. The maximum Gasteiger partial charge on any atom is 0.240 e. The minimum Gasteiger partial charge on any atom is -0.383 e. The quantitative estimate of drug-likeness (QED) is 0.595. The zero-order valence-electron chi connectivity index (χ0n) is 15.1. The molecule has 3 heterocycles. The van der Waals surface area contributed by atoms with Gasteiger partial charge in [-0.25, -0.2) is 9.97 Å². The molecule has 0 spiro atoms. The van der Waals surface area contributed by atoms with E-state index in [0.717, 1.165) is 35.9 Å². The summed E-state index contributed by atoms with van der Waals surface area (Å²) in [5, 5.41) is 1.51. The molecule has 1 aliphatic heterocycles. The van der Waals surface area contributed by atoms with Gasteiger partial charge in [0.2, 0.25) is 11.8 Å². The molecule has 7 nitrogen and oxygen atoms in total. The maximum absolute atomic E-state index is 12.6. The van der Waals surface area contributed by atoms with Crippen molar-refractivity contribution in [2.45, 2.75) is 56.1 Å². The lowest BCUT2D eigenvalue weighted by atomic mass is 9.97. The van der Waals surface area contributed by atoms with Gasteiger partial charge in [-0.3, -0.25) is 9.59 Å². The summed E-state index contributed by atoms with van der Waals surface area (Å²) >= 11 is 2.97. The molecular formula is C18H23N5O2S2. The predicted molar refractivity (Wildman–Crippen MR) is 108 cm³/mol. The minimum atomic E-state index is -0.496. The molecule has 2 aromatic rings. The number of amides is 2. The number of rotatable bonds is 4. The van der Waals surface area contributed by atoms with E-state index in [1.165, 1.54) is 35.0 Å². The molecule has 0 unspecified atom stereocenters. The molecule has 0 saturated carbocycles. The van der Waals surface area contributed by atoms with E-state index in [-0.39, 0.29) is 11.7 Å². The van der Waals surface area contributed by atoms with Crippen LogP contribution in [0.4, 0.5) is 5.82 Å². The SMILES string of the molecule is NC(=O)[C@@H]1CCCCN1C(=O)CSc1nc(N)c2c3c(sc2n1)CCCC3. The number of hydrogen-bond donors (Lipinski definition) is 2. The van der Waals surface area contributed by atoms with Crippen molar-refractivity contribution in [1.82, 2.24) is 14.9 Å². The van der Waals surface area contributed by atoms with Gasteiger partial charge in [-0.1, -0.05) is 11.8 Å². The number of thioether (sulfide) groups is 1. The summed E-state index contributed by atoms with van der Waals surface area (Å²) in [6, 6.07) is -0.496. The average Bonchev–Trinajstić information content (AvgIpc) is 3.05. The second-order valence-electron chi connectivity index (χ2n) is 7.07. The number of fused-ring (bicyclic) bond motifs is 3. The number of likely N-dealkylation sites (tertiary alicyclic amines) is 1. The first-order chi connectivity index (χ1) is 13.0. The summed E-state index contributed by atoms with van der Waals surface area (Å²) < 4.78 is 0. The van der Waals surface area contributed by atoms with Crippen molar-refractivity contribution >= 4 is 50.9 Å². The fraction of sp³-hybridized carbons (Fsp3) is 0.556. The van der Waals surface area contributed by atoms with Gasteiger partial charge in [0.1, 0.15) is 16.7 Å². The van der Waals surface area contributed by atoms with Crippen molar-refractivity contribution in [2.24, 2.45) is 5.73 Å². The number of anilines is 1. The van der Waals surface area contributed by atoms with Crippen molar-refractivity contribution in [3.63, 3.8) is 0 Å². The van der Waals surface area contributed by atoms with Crippen LogP contribution in [0.2, 0.25) is 0 Å². The van der Waals surface area contributed by atoms with E-state index in [1.54, 1.807) is 16.2 Å². The van der Waals surface area contributed by atoms with Crippen LogP contribution in [0.3, 0.4) is 0 Å². The number of carbonyl (C=O) groups excluding carboxylic acids is 2. The molecule has 1 saturated heterocycles. The second kappa shape index (κ2) is 7.63. The largest absolute Gasteiger partial charge is 0.383 e. The minimum absolute atomic E-state index is 0.101. The average molecular weight is 406 g/mol. The number of piperidine rings is 1. The highest BCUT2D eigenvalue weighted by atomic mass is 32.2. The van der Waals surface area contributed by atoms with Crippen molar-refractivity contribution in [2.75, 3.05) is 18.0 Å². The number of aryl methyl sites for hydroxylation is 2. The Bertz CT molecular complexity index is 897. The Kier molecular flexibility index (Phi) is 5.23. The Morgan fingerprint density at radius 1 is 1.19 bits per heavy atom. The standard InChI is InChI=1S/C18H23N5O2S2/c19-15-14-10-5-1-2-7-12(10)27-17(14)22-18(21-15)26-9-13(24)23-8-4-3-6-11(23)16(20)25/h11H,1-9H2,(H2,20,25)(H2,19,21,22)/t11-/m0/s1. The molecule has 2 aromatic heterocycles. The molecule has 1 aliphatic carbocycles. The molecule has 4 N–H and O–H groups in total. The van der Waals surface area contributed by atoms with E-state index < -0.39 is 11.9 Å². The van der Waals surface area contributed by atoms with Gasteiger partial charge in [0, 0.05) is 11.4 Å². The van der Waals surface area contributed by atoms with Gasteiger partial charge in [0.05, 0.1) is 11.1 Å². The fourth-order valence-electron chi connectivity index (χ4n) is 3.96. The Hall–Kier alpha value is -1.87. The summed E-state index contributed by atoms with van der Waals surface area (Å²) in [4.78, 5) is 37.2. The predicted octanol–water partition coefficient (Wildman–Crippen LogP) is 2.11. The van der Waals surface area contributed by atoms with Crippen LogP contribution in [0.15, 0.2) is 5.16 Å². The molecule has 1 fully saturated rings. The smallest absolute Gasteiger partial charge is 0.240 e. The molecule has 0 aromatic carbocycles. The maximum atomic E-state index is 12.6. The lowest BCUT2D eigenvalue weighted by Gasteiger charge is -2.33. The number of nitrogens with zero attached hydrogens (tertiary/aromatic N) is 3. The van der Waals surface area contributed by atoms with Crippen LogP contribution in [-0.2, 0) is 22.4 Å². The molecule has 4 rings (SSSR count). The fourth-order valence-corrected chi connectivity index (χ4v) is 6.03. The first-order valence-electron chi connectivity index (χ1n) is 9.34. The van der Waals surface area contributed by atoms with Crippen LogP contribution in [0.1, 0.15) is 42.5 Å². The van der Waals surface area contributed by atoms with E-state index in [4.69, 9.17) is 11.5 Å². The molecular weight excluding hydrogens is 382 g/mol. The summed E-state index contributed by atoms with van der Waals surface area (Å²) in [6.45, 7) is 0.576. The highest BCUT2D eigenvalue weighted by Gasteiger charge is 2.30. The van der Waals surface area contributed by atoms with Crippen LogP contribution in [0.25, 0.3) is 10.2 Å². The number of nitrogens with two attached hydrogens (primary N) is 2. The van der Waals surface area contributed by atoms with E-state index in [2.05, 4.69) is 9.97 Å². The van der Waals surface area contributed by atoms with Crippen LogP contribution >= 0.6 is 23.1 Å². The van der Waals surface area contributed by atoms with Gasteiger partial charge >= 0.3 is 0 Å². The summed E-state index contributed by atoms with van der Waals surface area (Å²) in [6.07, 6.45) is 6.97. The number of primary amides is 1. The molecule has 0 bridgehead atoms. The molecule has 2 aliphatic rings. The van der Waals surface area contributed by atoms with Crippen molar-refractivity contribution in [3.8, 4) is 0 Å². The summed E-state index contributed by atoms with van der Waals surface area (Å²) in [7, 11) is 0. The van der Waals surface area contributed by atoms with Gasteiger partial charge in [-0.15, -0.1) is 11.3 Å². The number of thiophene rings is 1. The molecule has 2 amide bonds. The Balaban J connectivity index is 1.50. The monoisotopic (exact) mass is 405 g/mol. The van der Waals surface area contributed by atoms with Crippen molar-refractivity contribution in [1.29, 1.82) is 0 Å². The number of nitrogen functional groups attached to an aromatic ring is 1. The van der Waals surface area contributed by atoms with E-state index in [9.17, 15) is 9.59 Å². The van der Waals surface area contributed by atoms with E-state index in [1.807, 2.05) is 0 Å². The number of aromatic nitrogens is 2. The Morgan fingerprint density at radius 3 is 2.81 bits per heavy atom. The second-order valence-corrected chi connectivity index (χ2v) is 9.10. The zero-order chi connectivity index (χ0) is 19.0. The van der Waals surface area contributed by atoms with Crippen molar-refractivity contribution < 1.29 is 9.59 Å². The van der Waals surface area contributed by atoms with Gasteiger partial charge in [-0.2, -0.15) is 0 Å². The van der Waals surface area contributed by atoms with Gasteiger partial charge in [-0.05, 0) is 50.5 Å². The highest BCUT2D eigenvalue weighted by Crippen LogP contribution is 2.38. The molecule has 0 radical (unpaired) electrons. The number of hydrogen-bond acceptors (Lipinski definition) is 7. The van der Waals surface area contributed by atoms with Crippen LogP contribution in [-0.4, -0.2) is 45.0 Å². The molecule has 27 heavy (non-hydrogen) atoms. The van der Waals surface area contributed by atoms with Crippen LogP contribution in [0, 0.1) is 0 Å². The summed E-state index contributed by atoms with van der Waals surface area (Å²) in [5.41, 5.74) is 13.0. The zero-order valence-corrected chi connectivity index (χ0v) is 16.7. The third-order valence-electron chi connectivity index (χ3n) is 5.30. The lowest BCUT2D eigenvalue weighted by molar-refractivity contribution is -0.138. The highest BCUT2D eigenvalue weighted by molar-refractivity contribution is 7.99. The Labute approximate surface area is 165 Å². The Morgan fingerprint density at radius 2 is 2.00 bits per heavy atom. The number of carbonyl (C=O) groups is 2. The van der Waals surface area contributed by atoms with Gasteiger partial charge in [0.15, 0.2) is 5.16 Å². The first kappa shape index (κ1) is 18.5. The van der Waals surface area contributed by atoms with E-state index >= 15 is 0 Å². The summed E-state index contributed by atoms with van der Waals surface area (Å²) in [5.74, 6) is 0.150. The normalized spacial score (nSPS) is 19.9. The third kappa shape index (κ3) is 3.62. The van der Waals surface area contributed by atoms with Gasteiger partial charge in [0.25, 0.3) is 0 Å². The molecule has 9 heteroatoms. The lowest BCUT2D eigenvalue weighted by Crippen LogP contribution is -2.51. The topological polar surface area (TPSA) is 115 Å². The van der Waals surface area contributed by atoms with Gasteiger partial charge < -0.3 is 16.4 Å². The van der Waals surface area contributed by atoms with E-state index in [0.29, 0.717) is 23.9 Å². The van der Waals surface area contributed by atoms with Crippen LogP contribution < -0.4 is 11.5 Å². The van der Waals surface area contributed by atoms with Crippen LogP contribution in [0.5, 0.6) is 0 Å². The molecule has 1 atom stereocenters.